The van der Waals surface area contributed by atoms with Gasteiger partial charge < -0.3 is 37.6 Å². The van der Waals surface area contributed by atoms with E-state index in [0.29, 0.717) is 78.1 Å². The molecule has 127 heavy (non-hydrogen) atoms. The van der Waals surface area contributed by atoms with Gasteiger partial charge in [-0.3, -0.25) is 38.5 Å². The molecule has 16 rings (SSSR count). The van der Waals surface area contributed by atoms with E-state index in [4.69, 9.17) is 28.9 Å². The summed E-state index contributed by atoms with van der Waals surface area (Å²) < 4.78 is 0. The number of ketones is 7. The van der Waals surface area contributed by atoms with Gasteiger partial charge in [-0.05, 0) is 245 Å². The van der Waals surface area contributed by atoms with Gasteiger partial charge in [-0.2, -0.15) is 0 Å². The fourth-order valence-corrected chi connectivity index (χ4v) is 21.7. The maximum atomic E-state index is 12.4. The lowest BCUT2D eigenvalue weighted by Crippen LogP contribution is -2.51. The molecule has 17 heteroatoms. The van der Waals surface area contributed by atoms with Crippen molar-refractivity contribution in [1.82, 2.24) is 36.8 Å². The zero-order valence-corrected chi connectivity index (χ0v) is 79.5. The van der Waals surface area contributed by atoms with E-state index in [2.05, 4.69) is 138 Å². The molecule has 8 saturated carbocycles. The van der Waals surface area contributed by atoms with Crippen LogP contribution in [0, 0.1) is 12.8 Å². The highest BCUT2D eigenvalue weighted by molar-refractivity contribution is 6.32. The predicted molar refractivity (Wildman–Crippen MR) is 522 cm³/mol. The number of nitrogens with zero attached hydrogens (tertiary/aromatic N) is 1. The second-order valence-electron chi connectivity index (χ2n) is 36.2. The van der Waals surface area contributed by atoms with Crippen LogP contribution in [0.1, 0.15) is 290 Å². The summed E-state index contributed by atoms with van der Waals surface area (Å²) in [5.74, 6) is 2.91. The number of nitrogens with two attached hydrogens (primary N) is 1. The van der Waals surface area contributed by atoms with Gasteiger partial charge in [-0.1, -0.05) is 315 Å². The number of benzene rings is 8. The summed E-state index contributed by atoms with van der Waals surface area (Å²) in [5, 5.41) is 21.7. The minimum Gasteiger partial charge on any atom is -0.315 e. The molecule has 0 aliphatic heterocycles. The molecule has 0 radical (unpaired) electrons. The van der Waals surface area contributed by atoms with Crippen molar-refractivity contribution in [3.63, 3.8) is 0 Å². The second kappa shape index (κ2) is 50.2. The first-order valence-corrected chi connectivity index (χ1v) is 48.5. The number of Topliss-reactive ketones (excluding diaryl/α,β-unsaturated/α-hetero) is 7. The van der Waals surface area contributed by atoms with Gasteiger partial charge in [-0.15, -0.1) is 0 Å². The monoisotopic (exact) mass is 1760 g/mol. The highest BCUT2D eigenvalue weighted by Crippen LogP contribution is 2.45. The van der Waals surface area contributed by atoms with Crippen LogP contribution in [0.25, 0.3) is 0 Å². The minimum absolute atomic E-state index is 0.190. The summed E-state index contributed by atoms with van der Waals surface area (Å²) in [6, 6.07) is 74.6. The van der Waals surface area contributed by atoms with E-state index in [1.807, 2.05) is 193 Å². The standard InChI is InChI=1S/2C15H21NO.C14H18ClNO.C14H19NO.C14H21N.C13H16ClNO.C13H17NO.C12H15NO/c1-3-16-15(11-7-6-10-14(15)17)13-9-5-4-8-12(13)2;1-2-12-16-15(11-7-6-10-14(15)17)13-8-4-3-5-9-13;1-2-16-14(10-6-5-9-13(14)17)11-7-3-4-8-12(11)15;1-15(2)14(11-7-6-10-13(14)16)12-8-4-3-5-9-12;1-12-8-6-7-11-14(12,15-2)13-9-4-3-5-10-13;1-15-13(8-3-2-7-12(13)16)10-5-4-6-11(14)9-10;1-14-13(10-6-5-9-12(13)15)11-7-3-2-4-8-11;13-12(9-5-4-8-11(12)14)10-6-2-1-3-7-10/h4-5,8-9,16H,3,6-7,10-11H2,1-2H3;3-5,8-9,16H,2,6-7,10-12H2,1H3;3-4,7-8,16H,2,5-6,9-10H2,1H3;3-5,8-9H,6-7,10-11H2,1-2H3;3-5,9-10,12,15H,6-8,11H2,1-2H3;4-6,9,15H,2-3,7-8H2,1H3;2-4,7-8,14H,5-6,9-10H2,1H3;1-3,6-7H,4-5,8-9,13H2/t2*15-;2*14-;12?,14-;2*13-;12-/m11110111/s1. The third-order valence-corrected chi connectivity index (χ3v) is 29.0. The molecule has 0 bridgehead atoms. The van der Waals surface area contributed by atoms with E-state index < -0.39 is 33.2 Å². The molecule has 0 spiro atoms. The fourth-order valence-electron chi connectivity index (χ4n) is 21.2. The minimum atomic E-state index is -0.709. The van der Waals surface area contributed by atoms with Crippen LogP contribution in [0.2, 0.25) is 10.0 Å². The van der Waals surface area contributed by atoms with Crippen molar-refractivity contribution in [2.75, 3.05) is 54.9 Å². The lowest BCUT2D eigenvalue weighted by Gasteiger charge is -2.43. The number of halogens is 2. The van der Waals surface area contributed by atoms with Crippen LogP contribution < -0.4 is 37.6 Å². The lowest BCUT2D eigenvalue weighted by atomic mass is 9.70. The quantitative estimate of drug-likeness (QED) is 0.0400. The van der Waals surface area contributed by atoms with E-state index in [0.717, 1.165) is 200 Å². The number of rotatable bonds is 19. The molecule has 8 N–H and O–H groups in total. The Morgan fingerprint density at radius 2 is 0.709 bits per heavy atom. The van der Waals surface area contributed by atoms with Gasteiger partial charge in [0.2, 0.25) is 0 Å². The van der Waals surface area contributed by atoms with Crippen LogP contribution >= 0.6 is 23.2 Å². The Kier molecular flexibility index (Phi) is 40.5. The van der Waals surface area contributed by atoms with Crippen molar-refractivity contribution in [1.29, 1.82) is 0 Å². The van der Waals surface area contributed by atoms with Gasteiger partial charge in [0.15, 0.2) is 40.5 Å². The Morgan fingerprint density at radius 3 is 1.12 bits per heavy atom. The molecule has 8 aliphatic carbocycles. The van der Waals surface area contributed by atoms with Gasteiger partial charge in [0.25, 0.3) is 0 Å². The number of carbonyl (C=O) groups excluding carboxylic acids is 7. The number of nitrogens with one attached hydrogen (secondary N) is 6. The normalized spacial score (nSPS) is 26.4. The number of carbonyl (C=O) groups is 7. The van der Waals surface area contributed by atoms with E-state index in [9.17, 15) is 33.6 Å². The Morgan fingerprint density at radius 1 is 0.346 bits per heavy atom. The molecule has 0 heterocycles. The van der Waals surface area contributed by atoms with Crippen molar-refractivity contribution < 1.29 is 33.6 Å². The van der Waals surface area contributed by atoms with E-state index in [1.165, 1.54) is 42.4 Å². The molecule has 8 fully saturated rings. The topological polar surface area (TPSA) is 221 Å². The smallest absolute Gasteiger partial charge is 0.157 e. The third kappa shape index (κ3) is 24.9. The van der Waals surface area contributed by atoms with E-state index in [-0.39, 0.29) is 28.4 Å². The summed E-state index contributed by atoms with van der Waals surface area (Å²) >= 11 is 12.2. The molecule has 8 aromatic rings. The molecule has 0 saturated heterocycles. The van der Waals surface area contributed by atoms with Crippen molar-refractivity contribution in [3.05, 3.63) is 285 Å². The number of hydrogen-bond acceptors (Lipinski definition) is 15. The highest BCUT2D eigenvalue weighted by Gasteiger charge is 2.48. The van der Waals surface area contributed by atoms with Crippen molar-refractivity contribution >= 4 is 63.7 Å². The zero-order chi connectivity index (χ0) is 91.4. The number of likely N-dealkylation sites (N-methyl/N-ethyl adjacent to an activating group) is 5. The van der Waals surface area contributed by atoms with E-state index in [1.54, 1.807) is 0 Å². The first-order valence-electron chi connectivity index (χ1n) is 47.8. The van der Waals surface area contributed by atoms with Crippen LogP contribution in [-0.2, 0) is 77.9 Å². The molecule has 8 aliphatic rings. The van der Waals surface area contributed by atoms with Gasteiger partial charge in [0.1, 0.15) is 38.8 Å². The summed E-state index contributed by atoms with van der Waals surface area (Å²) in [7, 11) is 9.86. The SMILES string of the molecule is CCCN[C@@]1(c2ccccc2)CCCCC1=O.CCN[C@@]1(c2ccccc2C)CCCCC1=O.CCN[C@@]1(c2ccccc2Cl)CCCCC1=O.CN(C)[C@@]1(c2ccccc2)CCCCC1=O.CN[C@@]1(c2cccc(Cl)c2)CCCCC1=O.CN[C@@]1(c2ccccc2)CCCCC1=O.CN[C@@]1(c2ccccc2)CCCCC1C.N[C@@]1(c2ccccc2)CCCCC1=O. The van der Waals surface area contributed by atoms with Gasteiger partial charge in [0, 0.05) is 60.5 Å². The van der Waals surface area contributed by atoms with Crippen LogP contribution in [-0.4, -0.2) is 100 Å². The molecule has 0 amide bonds. The van der Waals surface area contributed by atoms with Crippen LogP contribution in [0.5, 0.6) is 0 Å². The zero-order valence-electron chi connectivity index (χ0n) is 78.0. The third-order valence-electron chi connectivity index (χ3n) is 28.4. The van der Waals surface area contributed by atoms with Crippen molar-refractivity contribution in [2.45, 2.75) is 291 Å². The molecule has 9 atom stereocenters. The van der Waals surface area contributed by atoms with Crippen LogP contribution in [0.3, 0.4) is 0 Å². The van der Waals surface area contributed by atoms with Gasteiger partial charge >= 0.3 is 0 Å². The summed E-state index contributed by atoms with van der Waals surface area (Å²) in [5.41, 5.74) is 13.1. The Labute approximate surface area is 771 Å². The van der Waals surface area contributed by atoms with Gasteiger partial charge in [-0.25, -0.2) is 0 Å². The summed E-state index contributed by atoms with van der Waals surface area (Å²) in [6.45, 7) is 13.2. The first-order chi connectivity index (χ1) is 61.4. The van der Waals surface area contributed by atoms with Crippen LogP contribution in [0.15, 0.2) is 224 Å². The maximum Gasteiger partial charge on any atom is 0.157 e. The van der Waals surface area contributed by atoms with Crippen molar-refractivity contribution in [3.8, 4) is 0 Å². The summed E-state index contributed by atoms with van der Waals surface area (Å²) in [4.78, 5) is 87.5. The number of aryl methyl sites for hydroxylation is 1. The van der Waals surface area contributed by atoms with Crippen LogP contribution in [0.4, 0.5) is 0 Å². The average molecular weight is 1770 g/mol. The maximum absolute atomic E-state index is 12.4. The predicted octanol–water partition coefficient (Wildman–Crippen LogP) is 22.3. The van der Waals surface area contributed by atoms with Crippen molar-refractivity contribution in [2.24, 2.45) is 11.7 Å². The molecule has 1 unspecified atom stereocenters. The molecule has 8 aromatic carbocycles. The first kappa shape index (κ1) is 102. The Bertz CT molecular complexity index is 4670. The molecule has 15 nitrogen and oxygen atoms in total. The van der Waals surface area contributed by atoms with Gasteiger partial charge in [0.05, 0.1) is 0 Å². The highest BCUT2D eigenvalue weighted by atomic mass is 35.5. The Hall–Kier alpha value is -8.29. The second-order valence-corrected chi connectivity index (χ2v) is 37.0. The average Bonchev–Trinajstić information content (AvgIpc) is 0.785. The van der Waals surface area contributed by atoms with E-state index >= 15 is 0 Å². The lowest BCUT2D eigenvalue weighted by molar-refractivity contribution is -0.133. The largest absolute Gasteiger partial charge is 0.315 e. The fraction of sp³-hybridized carbons (Fsp3) is 0.500. The number of hydrogen-bond donors (Lipinski definition) is 7. The molecule has 0 aromatic heterocycles. The molecular weight excluding hydrogens is 1620 g/mol. The Balaban J connectivity index is 0.000000164. The molecule has 684 valence electrons. The summed E-state index contributed by atoms with van der Waals surface area (Å²) in [6.07, 6.45) is 32.3. The molecular formula is C110H148Cl2N8O7.